The Labute approximate surface area is 114 Å². The molecule has 3 fully saturated rings. The molecule has 100 valence electrons. The number of nitrogens with zero attached hydrogens (tertiary/aromatic N) is 1. The van der Waals surface area contributed by atoms with Crippen molar-refractivity contribution in [2.75, 3.05) is 6.54 Å². The van der Waals surface area contributed by atoms with Crippen LogP contribution < -0.4 is 5.73 Å². The average Bonchev–Trinajstić information content (AvgIpc) is 2.95. The third-order valence-corrected chi connectivity index (χ3v) is 5.13. The van der Waals surface area contributed by atoms with Crippen LogP contribution >= 0.6 is 12.2 Å². The van der Waals surface area contributed by atoms with Gasteiger partial charge in [-0.1, -0.05) is 18.6 Å². The van der Waals surface area contributed by atoms with Gasteiger partial charge >= 0.3 is 0 Å². The van der Waals surface area contributed by atoms with Gasteiger partial charge in [0.15, 0.2) is 0 Å². The Bertz CT molecular complexity index is 367. The molecule has 0 radical (unpaired) electrons. The van der Waals surface area contributed by atoms with Crippen molar-refractivity contribution in [2.45, 2.75) is 51.0 Å². The lowest BCUT2D eigenvalue weighted by Gasteiger charge is -2.29. The van der Waals surface area contributed by atoms with E-state index in [9.17, 15) is 4.79 Å². The molecule has 4 heteroatoms. The van der Waals surface area contributed by atoms with E-state index in [1.54, 1.807) is 0 Å². The molecule has 3 saturated carbocycles. The van der Waals surface area contributed by atoms with E-state index in [4.69, 9.17) is 18.0 Å². The third-order valence-electron chi connectivity index (χ3n) is 4.93. The Kier molecular flexibility index (Phi) is 3.31. The first kappa shape index (κ1) is 12.4. The van der Waals surface area contributed by atoms with Gasteiger partial charge in [0.05, 0.1) is 4.99 Å². The second-order valence-electron chi connectivity index (χ2n) is 6.26. The number of rotatable bonds is 5. The molecule has 0 aliphatic heterocycles. The first-order valence-corrected chi connectivity index (χ1v) is 7.64. The van der Waals surface area contributed by atoms with Gasteiger partial charge in [-0.15, -0.1) is 0 Å². The van der Waals surface area contributed by atoms with Gasteiger partial charge in [0.25, 0.3) is 0 Å². The van der Waals surface area contributed by atoms with Crippen molar-refractivity contribution in [3.63, 3.8) is 0 Å². The lowest BCUT2D eigenvalue weighted by molar-refractivity contribution is -0.137. The molecule has 0 aromatic rings. The second-order valence-corrected chi connectivity index (χ2v) is 6.78. The Balaban J connectivity index is 1.63. The van der Waals surface area contributed by atoms with Crippen LogP contribution in [0.3, 0.4) is 0 Å². The van der Waals surface area contributed by atoms with Gasteiger partial charge in [-0.05, 0) is 43.9 Å². The zero-order valence-corrected chi connectivity index (χ0v) is 11.6. The fraction of sp³-hybridized carbons (Fsp3) is 0.857. The monoisotopic (exact) mass is 266 g/mol. The minimum atomic E-state index is 0.315. The van der Waals surface area contributed by atoms with E-state index in [1.807, 2.05) is 0 Å². The van der Waals surface area contributed by atoms with Gasteiger partial charge in [0, 0.05) is 24.9 Å². The number of hydrogen-bond acceptors (Lipinski definition) is 2. The Morgan fingerprint density at radius 3 is 2.50 bits per heavy atom. The smallest absolute Gasteiger partial charge is 0.226 e. The van der Waals surface area contributed by atoms with Crippen LogP contribution in [0.25, 0.3) is 0 Å². The molecule has 3 nitrogen and oxygen atoms in total. The summed E-state index contributed by atoms with van der Waals surface area (Å²) < 4.78 is 0. The first-order chi connectivity index (χ1) is 8.65. The zero-order valence-electron chi connectivity index (χ0n) is 10.8. The van der Waals surface area contributed by atoms with Gasteiger partial charge in [0.2, 0.25) is 5.91 Å². The molecule has 0 saturated heterocycles. The minimum absolute atomic E-state index is 0.315. The van der Waals surface area contributed by atoms with Crippen LogP contribution in [0.4, 0.5) is 0 Å². The molecule has 3 aliphatic carbocycles. The number of carbonyl (C=O) groups excluding carboxylic acids is 1. The number of amides is 1. The molecular weight excluding hydrogens is 244 g/mol. The van der Waals surface area contributed by atoms with Crippen molar-refractivity contribution < 1.29 is 4.79 Å². The molecule has 3 rings (SSSR count). The summed E-state index contributed by atoms with van der Waals surface area (Å²) in [4.78, 5) is 15.3. The summed E-state index contributed by atoms with van der Waals surface area (Å²) in [6, 6.07) is 0.492. The molecule has 18 heavy (non-hydrogen) atoms. The summed E-state index contributed by atoms with van der Waals surface area (Å²) >= 11 is 4.94. The van der Waals surface area contributed by atoms with Crippen LogP contribution in [-0.2, 0) is 4.79 Å². The maximum Gasteiger partial charge on any atom is 0.226 e. The van der Waals surface area contributed by atoms with Crippen molar-refractivity contribution in [3.05, 3.63) is 0 Å². The predicted molar refractivity (Wildman–Crippen MR) is 75.1 cm³/mol. The van der Waals surface area contributed by atoms with Crippen LogP contribution in [0.15, 0.2) is 0 Å². The van der Waals surface area contributed by atoms with Crippen LogP contribution in [0.2, 0.25) is 0 Å². The molecule has 1 amide bonds. The molecule has 0 heterocycles. The van der Waals surface area contributed by atoms with E-state index in [0.29, 0.717) is 35.2 Å². The molecule has 0 aromatic carbocycles. The van der Waals surface area contributed by atoms with Crippen molar-refractivity contribution in [1.82, 2.24) is 4.90 Å². The molecule has 3 aliphatic rings. The Hall–Kier alpha value is -0.640. The second kappa shape index (κ2) is 4.80. The van der Waals surface area contributed by atoms with Crippen LogP contribution in [0, 0.1) is 17.8 Å². The Morgan fingerprint density at radius 2 is 2.00 bits per heavy atom. The summed E-state index contributed by atoms with van der Waals surface area (Å²) in [5.74, 6) is 2.23. The number of hydrogen-bond donors (Lipinski definition) is 1. The van der Waals surface area contributed by atoms with Crippen LogP contribution in [0.1, 0.15) is 44.9 Å². The van der Waals surface area contributed by atoms with E-state index in [0.717, 1.165) is 18.9 Å². The maximum atomic E-state index is 12.7. The lowest BCUT2D eigenvalue weighted by atomic mass is 9.87. The third kappa shape index (κ3) is 2.40. The van der Waals surface area contributed by atoms with Gasteiger partial charge in [-0.3, -0.25) is 4.79 Å². The highest BCUT2D eigenvalue weighted by Gasteiger charge is 2.46. The van der Waals surface area contributed by atoms with Gasteiger partial charge < -0.3 is 10.6 Å². The highest BCUT2D eigenvalue weighted by atomic mass is 32.1. The summed E-state index contributed by atoms with van der Waals surface area (Å²) in [5, 5.41) is 0. The molecule has 3 unspecified atom stereocenters. The SMILES string of the molecule is NC(=S)CCN(C(=O)C1CC2CCC1C2)C1CC1. The van der Waals surface area contributed by atoms with E-state index in [1.165, 1.54) is 32.1 Å². The average molecular weight is 266 g/mol. The van der Waals surface area contributed by atoms with E-state index in [-0.39, 0.29) is 0 Å². The van der Waals surface area contributed by atoms with E-state index >= 15 is 0 Å². The van der Waals surface area contributed by atoms with Crippen molar-refractivity contribution in [3.8, 4) is 0 Å². The Morgan fingerprint density at radius 1 is 1.22 bits per heavy atom. The maximum absolute atomic E-state index is 12.7. The molecule has 2 N–H and O–H groups in total. The molecule has 0 aromatic heterocycles. The van der Waals surface area contributed by atoms with Gasteiger partial charge in [0.1, 0.15) is 0 Å². The van der Waals surface area contributed by atoms with Crippen molar-refractivity contribution in [1.29, 1.82) is 0 Å². The standard InChI is InChI=1S/C14H22N2OS/c15-13(18)5-6-16(11-3-4-11)14(17)12-8-9-1-2-10(12)7-9/h9-12H,1-8H2,(H2,15,18). The van der Waals surface area contributed by atoms with Crippen LogP contribution in [0.5, 0.6) is 0 Å². The highest BCUT2D eigenvalue weighted by Crippen LogP contribution is 2.49. The molecule has 0 spiro atoms. The lowest BCUT2D eigenvalue weighted by Crippen LogP contribution is -2.41. The summed E-state index contributed by atoms with van der Waals surface area (Å²) in [7, 11) is 0. The van der Waals surface area contributed by atoms with E-state index < -0.39 is 0 Å². The molecule has 2 bridgehead atoms. The topological polar surface area (TPSA) is 46.3 Å². The van der Waals surface area contributed by atoms with Crippen molar-refractivity contribution in [2.24, 2.45) is 23.5 Å². The molecular formula is C14H22N2OS. The van der Waals surface area contributed by atoms with Crippen molar-refractivity contribution >= 4 is 23.1 Å². The minimum Gasteiger partial charge on any atom is -0.393 e. The van der Waals surface area contributed by atoms with Gasteiger partial charge in [-0.2, -0.15) is 0 Å². The first-order valence-electron chi connectivity index (χ1n) is 7.24. The number of thiocarbonyl (C=S) groups is 1. The highest BCUT2D eigenvalue weighted by molar-refractivity contribution is 7.80. The van der Waals surface area contributed by atoms with Gasteiger partial charge in [-0.25, -0.2) is 0 Å². The fourth-order valence-corrected chi connectivity index (χ4v) is 3.94. The number of carbonyl (C=O) groups is 1. The van der Waals surface area contributed by atoms with E-state index in [2.05, 4.69) is 4.90 Å². The normalized spacial score (nSPS) is 33.7. The summed E-state index contributed by atoms with van der Waals surface area (Å²) in [5.41, 5.74) is 5.57. The predicted octanol–water partition coefficient (Wildman–Crippen LogP) is 2.09. The number of fused-ring (bicyclic) bond motifs is 2. The molecule has 3 atom stereocenters. The summed E-state index contributed by atoms with van der Waals surface area (Å²) in [6.45, 7) is 0.743. The quantitative estimate of drug-likeness (QED) is 0.775. The zero-order chi connectivity index (χ0) is 12.7. The summed E-state index contributed by atoms with van der Waals surface area (Å²) in [6.07, 6.45) is 8.08. The number of nitrogens with two attached hydrogens (primary N) is 1. The largest absolute Gasteiger partial charge is 0.393 e. The fourth-order valence-electron chi connectivity index (χ4n) is 3.85. The van der Waals surface area contributed by atoms with Crippen LogP contribution in [-0.4, -0.2) is 28.4 Å².